The topological polar surface area (TPSA) is 72.3 Å². The Kier molecular flexibility index (Phi) is 4.27. The van der Waals surface area contributed by atoms with Crippen LogP contribution in [0.3, 0.4) is 0 Å². The lowest BCUT2D eigenvalue weighted by Crippen LogP contribution is -2.45. The Morgan fingerprint density at radius 3 is 2.53 bits per heavy atom. The second-order valence-electron chi connectivity index (χ2n) is 3.52. The Hall–Kier alpha value is -1.39. The van der Waals surface area contributed by atoms with E-state index in [1.54, 1.807) is 11.9 Å². The fraction of sp³-hybridized carbons (Fsp3) is 0.364. The number of rotatable bonds is 4. The molecular weight excluding hydrogens is 190 g/mol. The molecule has 0 fully saturated rings. The molecule has 0 spiro atoms. The quantitative estimate of drug-likeness (QED) is 0.726. The van der Waals surface area contributed by atoms with Gasteiger partial charge < -0.3 is 16.4 Å². The van der Waals surface area contributed by atoms with Gasteiger partial charge in [0.05, 0.1) is 6.04 Å². The summed E-state index contributed by atoms with van der Waals surface area (Å²) >= 11 is 0. The number of likely N-dealkylation sites (N-methyl/N-ethyl adjacent to an activating group) is 1. The zero-order valence-electron chi connectivity index (χ0n) is 8.89. The van der Waals surface area contributed by atoms with E-state index in [0.717, 1.165) is 5.56 Å². The van der Waals surface area contributed by atoms with Gasteiger partial charge in [-0.3, -0.25) is 4.79 Å². The molecule has 1 aromatic carbocycles. The van der Waals surface area contributed by atoms with E-state index >= 15 is 0 Å². The van der Waals surface area contributed by atoms with Crippen LogP contribution in [0.5, 0.6) is 0 Å². The smallest absolute Gasteiger partial charge is 0.240 e. The van der Waals surface area contributed by atoms with Gasteiger partial charge in [0.25, 0.3) is 0 Å². The highest BCUT2D eigenvalue weighted by molar-refractivity contribution is 5.81. The number of hydrogen-bond acceptors (Lipinski definition) is 3. The van der Waals surface area contributed by atoms with E-state index in [0.29, 0.717) is 6.54 Å². The first-order chi connectivity index (χ1) is 7.15. The summed E-state index contributed by atoms with van der Waals surface area (Å²) in [6, 6.07) is 9.16. The molecule has 4 heteroatoms. The lowest BCUT2D eigenvalue weighted by molar-refractivity contribution is -0.131. The van der Waals surface area contributed by atoms with Crippen LogP contribution >= 0.6 is 0 Å². The summed E-state index contributed by atoms with van der Waals surface area (Å²) in [5.74, 6) is -0.124. The van der Waals surface area contributed by atoms with E-state index in [-0.39, 0.29) is 12.5 Å². The van der Waals surface area contributed by atoms with Gasteiger partial charge in [-0.15, -0.1) is 0 Å². The van der Waals surface area contributed by atoms with E-state index in [4.69, 9.17) is 11.5 Å². The molecule has 15 heavy (non-hydrogen) atoms. The van der Waals surface area contributed by atoms with E-state index < -0.39 is 6.04 Å². The molecular formula is C11H17N3O. The summed E-state index contributed by atoms with van der Waals surface area (Å²) in [6.07, 6.45) is 0. The maximum atomic E-state index is 11.6. The second-order valence-corrected chi connectivity index (χ2v) is 3.52. The van der Waals surface area contributed by atoms with Crippen molar-refractivity contribution in [3.8, 4) is 0 Å². The highest BCUT2D eigenvalue weighted by Crippen LogP contribution is 2.03. The third-order valence-electron chi connectivity index (χ3n) is 2.21. The van der Waals surface area contributed by atoms with Gasteiger partial charge in [0.1, 0.15) is 0 Å². The Bertz CT molecular complexity index is 313. The first-order valence-electron chi connectivity index (χ1n) is 4.89. The van der Waals surface area contributed by atoms with E-state index in [2.05, 4.69) is 0 Å². The maximum absolute atomic E-state index is 11.6. The molecule has 0 saturated heterocycles. The van der Waals surface area contributed by atoms with Crippen molar-refractivity contribution in [1.29, 1.82) is 0 Å². The first-order valence-corrected chi connectivity index (χ1v) is 4.89. The SMILES string of the molecule is CN(Cc1ccccc1)C(=O)C(N)CN. The maximum Gasteiger partial charge on any atom is 0.240 e. The number of nitrogens with zero attached hydrogens (tertiary/aromatic N) is 1. The molecule has 1 rings (SSSR count). The van der Waals surface area contributed by atoms with Gasteiger partial charge in [-0.2, -0.15) is 0 Å². The fourth-order valence-corrected chi connectivity index (χ4v) is 1.32. The largest absolute Gasteiger partial charge is 0.340 e. The number of benzene rings is 1. The monoisotopic (exact) mass is 207 g/mol. The summed E-state index contributed by atoms with van der Waals surface area (Å²) in [4.78, 5) is 13.2. The van der Waals surface area contributed by atoms with Gasteiger partial charge in [0.15, 0.2) is 0 Å². The number of carbonyl (C=O) groups excluding carboxylic acids is 1. The van der Waals surface area contributed by atoms with Gasteiger partial charge >= 0.3 is 0 Å². The minimum atomic E-state index is -0.598. The van der Waals surface area contributed by atoms with Crippen molar-refractivity contribution in [2.24, 2.45) is 11.5 Å². The predicted molar refractivity (Wildman–Crippen MR) is 59.9 cm³/mol. The van der Waals surface area contributed by atoms with Crippen LogP contribution in [0.4, 0.5) is 0 Å². The van der Waals surface area contributed by atoms with Gasteiger partial charge in [0, 0.05) is 20.1 Å². The zero-order chi connectivity index (χ0) is 11.3. The third-order valence-corrected chi connectivity index (χ3v) is 2.21. The molecule has 4 nitrogen and oxygen atoms in total. The van der Waals surface area contributed by atoms with E-state index in [9.17, 15) is 4.79 Å². The van der Waals surface area contributed by atoms with Gasteiger partial charge in [-0.25, -0.2) is 0 Å². The van der Waals surface area contributed by atoms with Crippen LogP contribution < -0.4 is 11.5 Å². The molecule has 0 aliphatic rings. The van der Waals surface area contributed by atoms with E-state index in [1.807, 2.05) is 30.3 Å². The molecule has 1 unspecified atom stereocenters. The number of amides is 1. The van der Waals surface area contributed by atoms with Crippen LogP contribution in [0.2, 0.25) is 0 Å². The third kappa shape index (κ3) is 3.34. The molecule has 1 atom stereocenters. The van der Waals surface area contributed by atoms with Crippen LogP contribution in [-0.2, 0) is 11.3 Å². The summed E-state index contributed by atoms with van der Waals surface area (Å²) in [6.45, 7) is 0.741. The summed E-state index contributed by atoms with van der Waals surface area (Å²) < 4.78 is 0. The molecule has 0 aliphatic carbocycles. The average Bonchev–Trinajstić information content (AvgIpc) is 2.28. The van der Waals surface area contributed by atoms with Crippen molar-refractivity contribution < 1.29 is 4.79 Å². The highest BCUT2D eigenvalue weighted by atomic mass is 16.2. The highest BCUT2D eigenvalue weighted by Gasteiger charge is 2.15. The molecule has 0 radical (unpaired) electrons. The first kappa shape index (κ1) is 11.7. The van der Waals surface area contributed by atoms with Crippen molar-refractivity contribution in [2.75, 3.05) is 13.6 Å². The van der Waals surface area contributed by atoms with Crippen molar-refractivity contribution in [3.63, 3.8) is 0 Å². The Morgan fingerprint density at radius 2 is 2.00 bits per heavy atom. The Morgan fingerprint density at radius 1 is 1.40 bits per heavy atom. The number of carbonyl (C=O) groups is 1. The van der Waals surface area contributed by atoms with Gasteiger partial charge in [-0.1, -0.05) is 30.3 Å². The average molecular weight is 207 g/mol. The Balaban J connectivity index is 2.56. The van der Waals surface area contributed by atoms with Crippen LogP contribution in [0.25, 0.3) is 0 Å². The molecule has 1 aromatic rings. The summed E-state index contributed by atoms with van der Waals surface area (Å²) in [5.41, 5.74) is 12.0. The zero-order valence-corrected chi connectivity index (χ0v) is 8.89. The van der Waals surface area contributed by atoms with E-state index in [1.165, 1.54) is 0 Å². The summed E-state index contributed by atoms with van der Waals surface area (Å²) in [5, 5.41) is 0. The van der Waals surface area contributed by atoms with Crippen molar-refractivity contribution in [3.05, 3.63) is 35.9 Å². The standard InChI is InChI=1S/C11H17N3O/c1-14(11(15)10(13)7-12)8-9-5-3-2-4-6-9/h2-6,10H,7-8,12-13H2,1H3. The van der Waals surface area contributed by atoms with Crippen LogP contribution in [0.1, 0.15) is 5.56 Å². The van der Waals surface area contributed by atoms with Crippen LogP contribution in [0, 0.1) is 0 Å². The molecule has 4 N–H and O–H groups in total. The van der Waals surface area contributed by atoms with Crippen molar-refractivity contribution in [1.82, 2.24) is 4.90 Å². The minimum Gasteiger partial charge on any atom is -0.340 e. The number of hydrogen-bond donors (Lipinski definition) is 2. The van der Waals surface area contributed by atoms with Crippen molar-refractivity contribution in [2.45, 2.75) is 12.6 Å². The van der Waals surface area contributed by atoms with Gasteiger partial charge in [0.2, 0.25) is 5.91 Å². The summed E-state index contributed by atoms with van der Waals surface area (Å²) in [7, 11) is 1.73. The van der Waals surface area contributed by atoms with Crippen LogP contribution in [0.15, 0.2) is 30.3 Å². The predicted octanol–water partition coefficient (Wildman–Crippen LogP) is -0.0690. The second kappa shape index (κ2) is 5.48. The fourth-order valence-electron chi connectivity index (χ4n) is 1.32. The van der Waals surface area contributed by atoms with Crippen LogP contribution in [-0.4, -0.2) is 30.4 Å². The van der Waals surface area contributed by atoms with Gasteiger partial charge in [-0.05, 0) is 5.56 Å². The Labute approximate surface area is 89.9 Å². The molecule has 0 saturated carbocycles. The minimum absolute atomic E-state index is 0.124. The molecule has 1 amide bonds. The molecule has 0 aromatic heterocycles. The lowest BCUT2D eigenvalue weighted by Gasteiger charge is -2.20. The normalized spacial score (nSPS) is 12.2. The molecule has 82 valence electrons. The lowest BCUT2D eigenvalue weighted by atomic mass is 10.2. The van der Waals surface area contributed by atoms with Crippen molar-refractivity contribution >= 4 is 5.91 Å². The number of nitrogens with two attached hydrogens (primary N) is 2. The molecule has 0 heterocycles. The molecule has 0 aliphatic heterocycles. The molecule has 0 bridgehead atoms.